The predicted molar refractivity (Wildman–Crippen MR) is 110 cm³/mol. The average molecular weight is 412 g/mol. The lowest BCUT2D eigenvalue weighted by Crippen LogP contribution is -2.32. The van der Waals surface area contributed by atoms with E-state index in [0.29, 0.717) is 12.2 Å². The molecule has 0 radical (unpaired) electrons. The van der Waals surface area contributed by atoms with Crippen molar-refractivity contribution in [3.05, 3.63) is 27.7 Å². The van der Waals surface area contributed by atoms with Gasteiger partial charge in [-0.25, -0.2) is 9.48 Å². The van der Waals surface area contributed by atoms with E-state index in [1.807, 2.05) is 32.4 Å². The van der Waals surface area contributed by atoms with Crippen molar-refractivity contribution in [3.63, 3.8) is 0 Å². The number of nitrogens with zero attached hydrogens (tertiary/aromatic N) is 5. The van der Waals surface area contributed by atoms with Gasteiger partial charge in [0.1, 0.15) is 12.4 Å². The minimum absolute atomic E-state index is 0. The van der Waals surface area contributed by atoms with E-state index in [4.69, 9.17) is 0 Å². The van der Waals surface area contributed by atoms with Gasteiger partial charge in [-0.1, -0.05) is 0 Å². The second-order valence-electron chi connectivity index (χ2n) is 7.00. The van der Waals surface area contributed by atoms with Gasteiger partial charge in [-0.05, 0) is 47.1 Å². The fraction of sp³-hybridized carbons (Fsp3) is 0.667. The molecule has 0 saturated carbocycles. The SMILES string of the molecule is CCn1nc(C)c(NC(=O)Cn2nc(C3CCCNC3)n(CC)c2=O)c1C.Cl. The van der Waals surface area contributed by atoms with Crippen LogP contribution >= 0.6 is 12.4 Å². The summed E-state index contributed by atoms with van der Waals surface area (Å²) in [6.45, 7) is 10.7. The van der Waals surface area contributed by atoms with E-state index < -0.39 is 0 Å². The highest BCUT2D eigenvalue weighted by atomic mass is 35.5. The van der Waals surface area contributed by atoms with Crippen molar-refractivity contribution >= 4 is 24.0 Å². The van der Waals surface area contributed by atoms with Gasteiger partial charge in [0.2, 0.25) is 5.91 Å². The zero-order chi connectivity index (χ0) is 19.6. The lowest BCUT2D eigenvalue weighted by atomic mass is 9.99. The Morgan fingerprint density at radius 3 is 2.54 bits per heavy atom. The van der Waals surface area contributed by atoms with E-state index in [1.165, 1.54) is 4.68 Å². The summed E-state index contributed by atoms with van der Waals surface area (Å²) in [5.41, 5.74) is 2.15. The van der Waals surface area contributed by atoms with Crippen LogP contribution in [0.15, 0.2) is 4.79 Å². The molecule has 0 spiro atoms. The number of anilines is 1. The van der Waals surface area contributed by atoms with Crippen molar-refractivity contribution < 1.29 is 4.79 Å². The lowest BCUT2D eigenvalue weighted by molar-refractivity contribution is -0.117. The number of aromatic nitrogens is 5. The monoisotopic (exact) mass is 411 g/mol. The molecule has 1 saturated heterocycles. The first-order valence-electron chi connectivity index (χ1n) is 9.68. The fourth-order valence-corrected chi connectivity index (χ4v) is 3.73. The quantitative estimate of drug-likeness (QED) is 0.749. The van der Waals surface area contributed by atoms with Crippen LogP contribution < -0.4 is 16.3 Å². The van der Waals surface area contributed by atoms with Crippen LogP contribution in [0.4, 0.5) is 5.69 Å². The maximum Gasteiger partial charge on any atom is 0.346 e. The Hall–Kier alpha value is -2.13. The van der Waals surface area contributed by atoms with Crippen LogP contribution in [0.25, 0.3) is 0 Å². The maximum absolute atomic E-state index is 12.7. The Morgan fingerprint density at radius 1 is 1.21 bits per heavy atom. The Labute approximate surface area is 170 Å². The maximum atomic E-state index is 12.7. The number of piperidine rings is 1. The van der Waals surface area contributed by atoms with E-state index in [-0.39, 0.29) is 36.5 Å². The molecule has 0 bridgehead atoms. The van der Waals surface area contributed by atoms with Crippen molar-refractivity contribution in [2.24, 2.45) is 0 Å². The lowest BCUT2D eigenvalue weighted by Gasteiger charge is -2.21. The zero-order valence-electron chi connectivity index (χ0n) is 17.0. The number of nitrogens with one attached hydrogen (secondary N) is 2. The minimum atomic E-state index is -0.270. The molecule has 1 amide bonds. The summed E-state index contributed by atoms with van der Waals surface area (Å²) in [7, 11) is 0. The Balaban J connectivity index is 0.00000280. The van der Waals surface area contributed by atoms with Gasteiger partial charge in [-0.15, -0.1) is 12.4 Å². The first-order valence-corrected chi connectivity index (χ1v) is 9.68. The van der Waals surface area contributed by atoms with Gasteiger partial charge >= 0.3 is 5.69 Å². The molecular weight excluding hydrogens is 382 g/mol. The molecule has 1 fully saturated rings. The molecule has 0 aliphatic carbocycles. The normalized spacial score (nSPS) is 16.6. The molecule has 0 aromatic carbocycles. The van der Waals surface area contributed by atoms with Crippen molar-refractivity contribution in [2.45, 2.75) is 66.1 Å². The van der Waals surface area contributed by atoms with Crippen molar-refractivity contribution in [1.82, 2.24) is 29.4 Å². The van der Waals surface area contributed by atoms with E-state index in [1.54, 1.807) is 4.57 Å². The zero-order valence-corrected chi connectivity index (χ0v) is 17.8. The topological polar surface area (TPSA) is 98.8 Å². The Morgan fingerprint density at radius 2 is 1.96 bits per heavy atom. The van der Waals surface area contributed by atoms with E-state index in [2.05, 4.69) is 20.8 Å². The highest BCUT2D eigenvalue weighted by molar-refractivity contribution is 5.91. The molecule has 1 unspecified atom stereocenters. The summed E-state index contributed by atoms with van der Waals surface area (Å²) in [5.74, 6) is 0.713. The number of halogens is 1. The third-order valence-electron chi connectivity index (χ3n) is 5.17. The first kappa shape index (κ1) is 22.2. The fourth-order valence-electron chi connectivity index (χ4n) is 3.73. The third kappa shape index (κ3) is 4.30. The molecule has 1 aliphatic heterocycles. The number of rotatable bonds is 6. The molecule has 10 heteroatoms. The number of carbonyl (C=O) groups is 1. The van der Waals surface area contributed by atoms with Gasteiger partial charge < -0.3 is 10.6 Å². The van der Waals surface area contributed by atoms with Crippen LogP contribution in [0.2, 0.25) is 0 Å². The molecule has 2 N–H and O–H groups in total. The molecule has 2 aromatic heterocycles. The van der Waals surface area contributed by atoms with E-state index in [9.17, 15) is 9.59 Å². The number of hydrogen-bond acceptors (Lipinski definition) is 5. The molecule has 3 heterocycles. The van der Waals surface area contributed by atoms with Gasteiger partial charge in [-0.3, -0.25) is 14.0 Å². The molecule has 28 heavy (non-hydrogen) atoms. The van der Waals surface area contributed by atoms with Crippen LogP contribution in [0, 0.1) is 13.8 Å². The second kappa shape index (κ2) is 9.38. The molecule has 156 valence electrons. The minimum Gasteiger partial charge on any atom is -0.321 e. The van der Waals surface area contributed by atoms with Crippen LogP contribution in [0.5, 0.6) is 0 Å². The van der Waals surface area contributed by atoms with Crippen molar-refractivity contribution in [2.75, 3.05) is 18.4 Å². The summed E-state index contributed by atoms with van der Waals surface area (Å²) in [5, 5.41) is 15.1. The molecule has 1 aliphatic rings. The summed E-state index contributed by atoms with van der Waals surface area (Å²) in [6, 6.07) is 0. The number of amides is 1. The highest BCUT2D eigenvalue weighted by Crippen LogP contribution is 2.21. The smallest absolute Gasteiger partial charge is 0.321 e. The molecular formula is C18H30ClN7O2. The number of carbonyl (C=O) groups excluding carboxylic acids is 1. The highest BCUT2D eigenvalue weighted by Gasteiger charge is 2.24. The summed E-state index contributed by atoms with van der Waals surface area (Å²) in [6.07, 6.45) is 2.07. The summed E-state index contributed by atoms with van der Waals surface area (Å²) >= 11 is 0. The molecule has 1 atom stereocenters. The van der Waals surface area contributed by atoms with E-state index in [0.717, 1.165) is 49.7 Å². The number of aryl methyl sites for hydroxylation is 2. The second-order valence-corrected chi connectivity index (χ2v) is 7.00. The Kier molecular flexibility index (Phi) is 7.42. The molecule has 9 nitrogen and oxygen atoms in total. The summed E-state index contributed by atoms with van der Waals surface area (Å²) in [4.78, 5) is 25.2. The number of hydrogen-bond donors (Lipinski definition) is 2. The third-order valence-corrected chi connectivity index (χ3v) is 5.17. The Bertz CT molecular complexity index is 877. The van der Waals surface area contributed by atoms with Crippen molar-refractivity contribution in [1.29, 1.82) is 0 Å². The van der Waals surface area contributed by atoms with Gasteiger partial charge in [0.25, 0.3) is 0 Å². The van der Waals surface area contributed by atoms with Gasteiger partial charge in [-0.2, -0.15) is 10.2 Å². The van der Waals surface area contributed by atoms with Gasteiger partial charge in [0, 0.05) is 25.6 Å². The molecule has 3 rings (SSSR count). The first-order chi connectivity index (χ1) is 13.0. The van der Waals surface area contributed by atoms with Crippen LogP contribution in [0.3, 0.4) is 0 Å². The van der Waals surface area contributed by atoms with Crippen LogP contribution in [-0.4, -0.2) is 43.1 Å². The van der Waals surface area contributed by atoms with Crippen LogP contribution in [0.1, 0.15) is 49.8 Å². The van der Waals surface area contributed by atoms with Gasteiger partial charge in [0.15, 0.2) is 0 Å². The van der Waals surface area contributed by atoms with Gasteiger partial charge in [0.05, 0.1) is 17.1 Å². The largest absolute Gasteiger partial charge is 0.346 e. The predicted octanol–water partition coefficient (Wildman–Crippen LogP) is 1.43. The average Bonchev–Trinajstić information content (AvgIpc) is 3.13. The summed E-state index contributed by atoms with van der Waals surface area (Å²) < 4.78 is 4.80. The standard InChI is InChI=1S/C18H29N7O2.ClH/c1-5-23-17(14-8-7-9-19-10-14)22-25(18(23)27)11-15(26)20-16-12(3)21-24(6-2)13(16)4;/h14,19H,5-11H2,1-4H3,(H,20,26);1H. The van der Waals surface area contributed by atoms with Crippen LogP contribution in [-0.2, 0) is 24.4 Å². The van der Waals surface area contributed by atoms with E-state index >= 15 is 0 Å². The van der Waals surface area contributed by atoms with Crippen molar-refractivity contribution in [3.8, 4) is 0 Å². The molecule has 2 aromatic rings.